The van der Waals surface area contributed by atoms with Crippen molar-refractivity contribution in [2.45, 2.75) is 4.90 Å². The summed E-state index contributed by atoms with van der Waals surface area (Å²) in [6, 6.07) is 16.9. The molecular weight excluding hydrogens is 430 g/mol. The molecule has 0 saturated heterocycles. The highest BCUT2D eigenvalue weighted by Crippen LogP contribution is 2.23. The second-order valence-electron chi connectivity index (χ2n) is 6.15. The van der Waals surface area contributed by atoms with Gasteiger partial charge in [-0.25, -0.2) is 8.42 Å². The normalized spacial score (nSPS) is 11.2. The van der Waals surface area contributed by atoms with E-state index >= 15 is 0 Å². The maximum atomic E-state index is 12.7. The van der Waals surface area contributed by atoms with Gasteiger partial charge in [-0.1, -0.05) is 28.9 Å². The van der Waals surface area contributed by atoms with Crippen LogP contribution in [0.3, 0.4) is 0 Å². The molecule has 30 heavy (non-hydrogen) atoms. The molecule has 2 N–H and O–H groups in total. The van der Waals surface area contributed by atoms with Crippen LogP contribution in [0.25, 0.3) is 11.5 Å². The molecule has 1 amide bonds. The minimum atomic E-state index is -3.89. The number of sulfonamides is 1. The summed E-state index contributed by atoms with van der Waals surface area (Å²) in [5.74, 6) is 0.169. The molecule has 0 radical (unpaired) electrons. The number of hydrogen-bond acceptors (Lipinski definition) is 6. The molecule has 4 rings (SSSR count). The maximum absolute atomic E-state index is 12.7. The number of hydrogen-bond donors (Lipinski definition) is 2. The van der Waals surface area contributed by atoms with E-state index < -0.39 is 15.9 Å². The molecule has 10 heteroatoms. The van der Waals surface area contributed by atoms with Gasteiger partial charge in [0.2, 0.25) is 5.76 Å². The summed E-state index contributed by atoms with van der Waals surface area (Å²) in [5.41, 5.74) is 0.619. The third kappa shape index (κ3) is 4.37. The number of nitrogens with one attached hydrogen (secondary N) is 2. The summed E-state index contributed by atoms with van der Waals surface area (Å²) in [6.07, 6.45) is 1.47. The number of nitrogens with zero attached hydrogens (tertiary/aromatic N) is 1. The van der Waals surface area contributed by atoms with E-state index in [0.717, 1.165) is 0 Å². The zero-order valence-electron chi connectivity index (χ0n) is 15.2. The Labute approximate surface area is 176 Å². The van der Waals surface area contributed by atoms with E-state index in [4.69, 9.17) is 20.5 Å². The van der Waals surface area contributed by atoms with Crippen LogP contribution in [0.1, 0.15) is 10.5 Å². The molecule has 0 aliphatic rings. The molecule has 2 heterocycles. The zero-order valence-corrected chi connectivity index (χ0v) is 16.8. The van der Waals surface area contributed by atoms with E-state index in [9.17, 15) is 13.2 Å². The molecule has 2 aromatic carbocycles. The summed E-state index contributed by atoms with van der Waals surface area (Å²) >= 11 is 5.89. The van der Waals surface area contributed by atoms with Crippen molar-refractivity contribution in [3.8, 4) is 11.5 Å². The largest absolute Gasteiger partial charge is 0.461 e. The Bertz CT molecular complexity index is 1300. The lowest BCUT2D eigenvalue weighted by molar-refractivity contribution is 0.101. The summed E-state index contributed by atoms with van der Waals surface area (Å²) in [6.45, 7) is 0. The van der Waals surface area contributed by atoms with Gasteiger partial charge in [-0.05, 0) is 48.5 Å². The van der Waals surface area contributed by atoms with Gasteiger partial charge in [-0.2, -0.15) is 0 Å². The van der Waals surface area contributed by atoms with Gasteiger partial charge in [0.05, 0.1) is 16.8 Å². The van der Waals surface area contributed by atoms with Crippen molar-refractivity contribution >= 4 is 38.9 Å². The molecule has 0 unspecified atom stereocenters. The minimum absolute atomic E-state index is 0.0201. The van der Waals surface area contributed by atoms with Crippen molar-refractivity contribution in [2.75, 3.05) is 10.0 Å². The third-order valence-corrected chi connectivity index (χ3v) is 5.60. The molecule has 4 aromatic rings. The maximum Gasteiger partial charge on any atom is 0.277 e. The van der Waals surface area contributed by atoms with Gasteiger partial charge in [-0.15, -0.1) is 0 Å². The highest BCUT2D eigenvalue weighted by molar-refractivity contribution is 7.92. The average Bonchev–Trinajstić information content (AvgIpc) is 3.40. The Balaban J connectivity index is 1.51. The monoisotopic (exact) mass is 443 g/mol. The van der Waals surface area contributed by atoms with Crippen LogP contribution in [0.5, 0.6) is 0 Å². The second kappa shape index (κ2) is 8.05. The number of benzene rings is 2. The predicted molar refractivity (Wildman–Crippen MR) is 111 cm³/mol. The number of furan rings is 1. The average molecular weight is 444 g/mol. The number of anilines is 2. The van der Waals surface area contributed by atoms with Crippen molar-refractivity contribution in [3.05, 3.63) is 83.7 Å². The van der Waals surface area contributed by atoms with Crippen molar-refractivity contribution in [2.24, 2.45) is 0 Å². The number of carbonyl (C=O) groups is 1. The number of rotatable bonds is 6. The first-order valence-corrected chi connectivity index (χ1v) is 10.5. The predicted octanol–water partition coefficient (Wildman–Crippen LogP) is 4.64. The summed E-state index contributed by atoms with van der Waals surface area (Å²) < 4.78 is 38.0. The van der Waals surface area contributed by atoms with Crippen LogP contribution in [0, 0.1) is 0 Å². The molecule has 0 saturated carbocycles. The smallest absolute Gasteiger partial charge is 0.277 e. The van der Waals surface area contributed by atoms with Crippen LogP contribution < -0.4 is 10.0 Å². The van der Waals surface area contributed by atoms with Crippen molar-refractivity contribution in [3.63, 3.8) is 0 Å². The fourth-order valence-electron chi connectivity index (χ4n) is 2.62. The van der Waals surface area contributed by atoms with Gasteiger partial charge in [0.1, 0.15) is 0 Å². The summed E-state index contributed by atoms with van der Waals surface area (Å²) in [7, 11) is -3.89. The van der Waals surface area contributed by atoms with Crippen LogP contribution >= 0.6 is 11.6 Å². The molecule has 152 valence electrons. The Hall–Kier alpha value is -3.56. The Morgan fingerprint density at radius 2 is 1.73 bits per heavy atom. The quantitative estimate of drug-likeness (QED) is 0.448. The molecule has 0 fully saturated rings. The van der Waals surface area contributed by atoms with Crippen LogP contribution in [-0.2, 0) is 10.0 Å². The van der Waals surface area contributed by atoms with E-state index in [0.29, 0.717) is 22.2 Å². The zero-order chi connectivity index (χ0) is 21.1. The van der Waals surface area contributed by atoms with E-state index in [1.807, 2.05) is 0 Å². The standard InChI is InChI=1S/C20H14ClN3O5S/c21-13-4-1-6-15(10-13)24-30(26,27)16-7-2-5-14(11-16)22-20(25)17-12-19(29-23-17)18-8-3-9-28-18/h1-12,24H,(H,22,25). The lowest BCUT2D eigenvalue weighted by Crippen LogP contribution is -2.15. The highest BCUT2D eigenvalue weighted by Gasteiger charge is 2.18. The SMILES string of the molecule is O=C(Nc1cccc(S(=O)(=O)Nc2cccc(Cl)c2)c1)c1cc(-c2ccco2)on1. The fraction of sp³-hybridized carbons (Fsp3) is 0. The molecule has 0 aliphatic heterocycles. The summed E-state index contributed by atoms with van der Waals surface area (Å²) in [5, 5.41) is 6.71. The van der Waals surface area contributed by atoms with Crippen LogP contribution in [-0.4, -0.2) is 19.5 Å². The molecular formula is C20H14ClN3O5S. The molecule has 2 aromatic heterocycles. The van der Waals surface area contributed by atoms with Crippen molar-refractivity contribution in [1.29, 1.82) is 0 Å². The van der Waals surface area contributed by atoms with E-state index in [1.54, 1.807) is 36.4 Å². The van der Waals surface area contributed by atoms with E-state index in [-0.39, 0.29) is 16.3 Å². The highest BCUT2D eigenvalue weighted by atomic mass is 35.5. The molecule has 0 aliphatic carbocycles. The second-order valence-corrected chi connectivity index (χ2v) is 8.27. The first kappa shape index (κ1) is 19.7. The first-order valence-electron chi connectivity index (χ1n) is 8.61. The van der Waals surface area contributed by atoms with Crippen LogP contribution in [0.2, 0.25) is 5.02 Å². The topological polar surface area (TPSA) is 114 Å². The van der Waals surface area contributed by atoms with Gasteiger partial charge >= 0.3 is 0 Å². The third-order valence-electron chi connectivity index (χ3n) is 3.99. The van der Waals surface area contributed by atoms with Crippen molar-refractivity contribution in [1.82, 2.24) is 5.16 Å². The molecule has 0 bridgehead atoms. The Kier molecular flexibility index (Phi) is 5.30. The van der Waals surface area contributed by atoms with Crippen molar-refractivity contribution < 1.29 is 22.2 Å². The lowest BCUT2D eigenvalue weighted by atomic mass is 10.3. The number of carbonyl (C=O) groups excluding carboxylic acids is 1. The first-order chi connectivity index (χ1) is 14.4. The Morgan fingerprint density at radius 1 is 0.933 bits per heavy atom. The molecule has 0 atom stereocenters. The molecule has 8 nitrogen and oxygen atoms in total. The van der Waals surface area contributed by atoms with E-state index in [2.05, 4.69) is 15.2 Å². The number of amides is 1. The van der Waals surface area contributed by atoms with E-state index in [1.165, 1.54) is 36.6 Å². The van der Waals surface area contributed by atoms with Gasteiger partial charge in [-0.3, -0.25) is 9.52 Å². The lowest BCUT2D eigenvalue weighted by Gasteiger charge is -2.10. The Morgan fingerprint density at radius 3 is 2.50 bits per heavy atom. The van der Waals surface area contributed by atoms with Crippen LogP contribution in [0.4, 0.5) is 11.4 Å². The van der Waals surface area contributed by atoms with Gasteiger partial charge in [0.25, 0.3) is 15.9 Å². The van der Waals surface area contributed by atoms with Crippen LogP contribution in [0.15, 0.2) is 86.8 Å². The minimum Gasteiger partial charge on any atom is -0.461 e. The number of aromatic nitrogens is 1. The summed E-state index contributed by atoms with van der Waals surface area (Å²) in [4.78, 5) is 12.4. The van der Waals surface area contributed by atoms with Gasteiger partial charge in [0, 0.05) is 16.8 Å². The van der Waals surface area contributed by atoms with Gasteiger partial charge in [0.15, 0.2) is 11.5 Å². The number of halogens is 1. The molecule has 0 spiro atoms. The van der Waals surface area contributed by atoms with Gasteiger partial charge < -0.3 is 14.3 Å². The fourth-order valence-corrected chi connectivity index (χ4v) is 3.90.